The summed E-state index contributed by atoms with van der Waals surface area (Å²) in [4.78, 5) is 16.6. The number of aromatic nitrogens is 1. The van der Waals surface area contributed by atoms with Gasteiger partial charge in [-0.15, -0.1) is 0 Å². The summed E-state index contributed by atoms with van der Waals surface area (Å²) in [6, 6.07) is 9.26. The third-order valence-corrected chi connectivity index (χ3v) is 2.75. The number of ether oxygens (including phenoxy) is 1. The van der Waals surface area contributed by atoms with E-state index >= 15 is 0 Å². The third kappa shape index (κ3) is 3.16. The lowest BCUT2D eigenvalue weighted by atomic mass is 10.2. The maximum atomic E-state index is 12.1. The molecule has 4 nitrogen and oxygen atoms in total. The first-order valence-corrected chi connectivity index (χ1v) is 6.25. The zero-order valence-electron chi connectivity index (χ0n) is 11.4. The number of nitrogens with one attached hydrogen (secondary N) is 1. The fraction of sp³-hybridized carbons (Fsp3) is 0.267. The summed E-state index contributed by atoms with van der Waals surface area (Å²) in [6.07, 6.45) is 3.57. The molecular formula is C15H18N2O2. The van der Waals surface area contributed by atoms with Gasteiger partial charge in [0.05, 0.1) is 11.7 Å². The minimum Gasteiger partial charge on any atom is -0.491 e. The van der Waals surface area contributed by atoms with E-state index in [4.69, 9.17) is 4.74 Å². The largest absolute Gasteiger partial charge is 0.491 e. The second-order valence-corrected chi connectivity index (χ2v) is 4.62. The van der Waals surface area contributed by atoms with Gasteiger partial charge in [0.1, 0.15) is 5.75 Å². The van der Waals surface area contributed by atoms with E-state index in [0.29, 0.717) is 5.56 Å². The lowest BCUT2D eigenvalue weighted by Crippen LogP contribution is -2.25. The summed E-state index contributed by atoms with van der Waals surface area (Å²) >= 11 is 0. The van der Waals surface area contributed by atoms with Crippen molar-refractivity contribution in [3.8, 4) is 5.75 Å². The van der Waals surface area contributed by atoms with Crippen LogP contribution in [0.3, 0.4) is 0 Å². The molecular weight excluding hydrogens is 240 g/mol. The molecule has 1 N–H and O–H groups in total. The number of carbonyl (C=O) groups excluding carboxylic acids is 1. The summed E-state index contributed by atoms with van der Waals surface area (Å²) < 4.78 is 5.57. The molecule has 4 heteroatoms. The van der Waals surface area contributed by atoms with Gasteiger partial charge in [0.2, 0.25) is 0 Å². The topological polar surface area (TPSA) is 45.3 Å². The van der Waals surface area contributed by atoms with Crippen LogP contribution in [0.25, 0.3) is 0 Å². The maximum Gasteiger partial charge on any atom is 0.259 e. The standard InChI is InChI=1S/C15H18N2O2/c1-11(2)19-14-6-4-13(5-7-14)17(3)15(18)12-8-9-16-10-12/h4-11,16H,1-3H3. The third-order valence-electron chi connectivity index (χ3n) is 2.75. The average Bonchev–Trinajstić information content (AvgIpc) is 2.91. The van der Waals surface area contributed by atoms with Crippen molar-refractivity contribution in [1.82, 2.24) is 4.98 Å². The van der Waals surface area contributed by atoms with E-state index in [2.05, 4.69) is 4.98 Å². The van der Waals surface area contributed by atoms with Crippen LogP contribution in [0, 0.1) is 0 Å². The Morgan fingerprint density at radius 2 is 1.89 bits per heavy atom. The first-order valence-electron chi connectivity index (χ1n) is 6.25. The summed E-state index contributed by atoms with van der Waals surface area (Å²) in [5.74, 6) is 0.764. The Hall–Kier alpha value is -2.23. The molecule has 0 saturated heterocycles. The van der Waals surface area contributed by atoms with Gasteiger partial charge >= 0.3 is 0 Å². The number of H-pyrrole nitrogens is 1. The van der Waals surface area contributed by atoms with Crippen LogP contribution in [0.15, 0.2) is 42.7 Å². The molecule has 0 bridgehead atoms. The Labute approximate surface area is 113 Å². The number of hydrogen-bond acceptors (Lipinski definition) is 2. The minimum absolute atomic E-state index is 0.0428. The van der Waals surface area contributed by atoms with Crippen molar-refractivity contribution >= 4 is 11.6 Å². The molecule has 2 rings (SSSR count). The van der Waals surface area contributed by atoms with Gasteiger partial charge < -0.3 is 14.6 Å². The summed E-state index contributed by atoms with van der Waals surface area (Å²) in [5, 5.41) is 0. The Kier molecular flexibility index (Phi) is 3.90. The van der Waals surface area contributed by atoms with E-state index in [-0.39, 0.29) is 12.0 Å². The molecule has 0 unspecified atom stereocenters. The fourth-order valence-electron chi connectivity index (χ4n) is 1.79. The molecule has 1 aromatic carbocycles. The minimum atomic E-state index is -0.0428. The first-order chi connectivity index (χ1) is 9.08. The van der Waals surface area contributed by atoms with E-state index in [0.717, 1.165) is 11.4 Å². The highest BCUT2D eigenvalue weighted by Gasteiger charge is 2.13. The van der Waals surface area contributed by atoms with Crippen molar-refractivity contribution < 1.29 is 9.53 Å². The number of carbonyl (C=O) groups is 1. The van der Waals surface area contributed by atoms with Gasteiger partial charge in [-0.1, -0.05) is 0 Å². The van der Waals surface area contributed by atoms with E-state index in [1.807, 2.05) is 38.1 Å². The zero-order chi connectivity index (χ0) is 13.8. The predicted molar refractivity (Wildman–Crippen MR) is 75.7 cm³/mol. The van der Waals surface area contributed by atoms with Crippen molar-refractivity contribution in [2.24, 2.45) is 0 Å². The van der Waals surface area contributed by atoms with E-state index in [1.54, 1.807) is 30.4 Å². The Morgan fingerprint density at radius 1 is 1.21 bits per heavy atom. The van der Waals surface area contributed by atoms with Crippen LogP contribution >= 0.6 is 0 Å². The highest BCUT2D eigenvalue weighted by molar-refractivity contribution is 6.05. The molecule has 0 aliphatic heterocycles. The lowest BCUT2D eigenvalue weighted by Gasteiger charge is -2.17. The number of aromatic amines is 1. The molecule has 0 fully saturated rings. The number of benzene rings is 1. The molecule has 19 heavy (non-hydrogen) atoms. The van der Waals surface area contributed by atoms with Crippen LogP contribution in [0.5, 0.6) is 5.75 Å². The van der Waals surface area contributed by atoms with Crippen LogP contribution in [0.1, 0.15) is 24.2 Å². The van der Waals surface area contributed by atoms with Crippen LogP contribution in [-0.2, 0) is 0 Å². The van der Waals surface area contributed by atoms with Crippen molar-refractivity contribution in [1.29, 1.82) is 0 Å². The van der Waals surface area contributed by atoms with Crippen LogP contribution in [0.2, 0.25) is 0 Å². The Bertz CT molecular complexity index is 530. The molecule has 2 aromatic rings. The zero-order valence-corrected chi connectivity index (χ0v) is 11.4. The highest BCUT2D eigenvalue weighted by Crippen LogP contribution is 2.20. The molecule has 1 aromatic heterocycles. The van der Waals surface area contributed by atoms with Crippen molar-refractivity contribution in [3.05, 3.63) is 48.3 Å². The van der Waals surface area contributed by atoms with Gasteiger partial charge in [-0.2, -0.15) is 0 Å². The molecule has 0 aliphatic rings. The van der Waals surface area contributed by atoms with Gasteiger partial charge in [-0.3, -0.25) is 4.79 Å². The number of amides is 1. The lowest BCUT2D eigenvalue weighted by molar-refractivity contribution is 0.0993. The monoisotopic (exact) mass is 258 g/mol. The molecule has 0 saturated carbocycles. The molecule has 0 radical (unpaired) electrons. The van der Waals surface area contributed by atoms with Crippen molar-refractivity contribution in [3.63, 3.8) is 0 Å². The normalized spacial score (nSPS) is 10.5. The van der Waals surface area contributed by atoms with Gasteiger partial charge in [-0.05, 0) is 44.2 Å². The summed E-state index contributed by atoms with van der Waals surface area (Å²) in [7, 11) is 1.76. The Balaban J connectivity index is 2.11. The molecule has 100 valence electrons. The van der Waals surface area contributed by atoms with Gasteiger partial charge in [0.15, 0.2) is 0 Å². The molecule has 1 amide bonds. The van der Waals surface area contributed by atoms with E-state index in [9.17, 15) is 4.79 Å². The van der Waals surface area contributed by atoms with E-state index in [1.165, 1.54) is 0 Å². The number of anilines is 1. The van der Waals surface area contributed by atoms with E-state index < -0.39 is 0 Å². The van der Waals surface area contributed by atoms with Crippen molar-refractivity contribution in [2.75, 3.05) is 11.9 Å². The van der Waals surface area contributed by atoms with Crippen LogP contribution in [0.4, 0.5) is 5.69 Å². The van der Waals surface area contributed by atoms with Crippen LogP contribution in [-0.4, -0.2) is 24.0 Å². The molecule has 0 aliphatic carbocycles. The second-order valence-electron chi connectivity index (χ2n) is 4.62. The maximum absolute atomic E-state index is 12.1. The predicted octanol–water partition coefficient (Wildman–Crippen LogP) is 3.08. The highest BCUT2D eigenvalue weighted by atomic mass is 16.5. The first kappa shape index (κ1) is 13.2. The number of nitrogens with zero attached hydrogens (tertiary/aromatic N) is 1. The number of hydrogen-bond donors (Lipinski definition) is 1. The van der Waals surface area contributed by atoms with Gasteiger partial charge in [-0.25, -0.2) is 0 Å². The molecule has 1 heterocycles. The van der Waals surface area contributed by atoms with Gasteiger partial charge in [0, 0.05) is 25.1 Å². The van der Waals surface area contributed by atoms with Gasteiger partial charge in [0.25, 0.3) is 5.91 Å². The fourth-order valence-corrected chi connectivity index (χ4v) is 1.79. The Morgan fingerprint density at radius 3 is 2.42 bits per heavy atom. The summed E-state index contributed by atoms with van der Waals surface area (Å²) in [5.41, 5.74) is 1.48. The quantitative estimate of drug-likeness (QED) is 0.916. The molecule has 0 spiro atoms. The van der Waals surface area contributed by atoms with Crippen LogP contribution < -0.4 is 9.64 Å². The molecule has 0 atom stereocenters. The second kappa shape index (κ2) is 5.61. The average molecular weight is 258 g/mol. The number of rotatable bonds is 4. The summed E-state index contributed by atoms with van der Waals surface area (Å²) in [6.45, 7) is 3.96. The van der Waals surface area contributed by atoms with Crippen molar-refractivity contribution in [2.45, 2.75) is 20.0 Å². The smallest absolute Gasteiger partial charge is 0.259 e. The SMILES string of the molecule is CC(C)Oc1ccc(N(C)C(=O)c2cc[nH]c2)cc1.